The van der Waals surface area contributed by atoms with Gasteiger partial charge >= 0.3 is 0 Å². The topological polar surface area (TPSA) is 35.2 Å². The number of nitrogens with two attached hydrogens (primary N) is 1. The maximum atomic E-state index is 6.09. The minimum absolute atomic E-state index is 0.462. The van der Waals surface area contributed by atoms with Crippen LogP contribution in [-0.4, -0.2) is 6.54 Å². The molecule has 2 aromatic rings. The first kappa shape index (κ1) is 14.4. The van der Waals surface area contributed by atoms with E-state index in [4.69, 9.17) is 22.1 Å². The van der Waals surface area contributed by atoms with Crippen LogP contribution in [0.4, 0.5) is 0 Å². The molecule has 0 heterocycles. The minimum atomic E-state index is 0.462. The Morgan fingerprint density at radius 2 is 1.89 bits per heavy atom. The average molecular weight is 341 g/mol. The fraction of sp³-hybridized carbons (Fsp3) is 0.200. The lowest BCUT2D eigenvalue weighted by molar-refractivity contribution is 0.306. The van der Waals surface area contributed by atoms with Crippen LogP contribution in [0.3, 0.4) is 0 Å². The molecule has 0 aliphatic heterocycles. The number of hydrogen-bond donors (Lipinski definition) is 1. The third-order valence-corrected chi connectivity index (χ3v) is 3.93. The summed E-state index contributed by atoms with van der Waals surface area (Å²) in [5, 5.41) is 0.724. The molecular formula is C15H15BrClNO. The zero-order valence-electron chi connectivity index (χ0n) is 10.4. The second-order valence-corrected chi connectivity index (χ2v) is 5.43. The van der Waals surface area contributed by atoms with Gasteiger partial charge in [-0.1, -0.05) is 45.7 Å². The van der Waals surface area contributed by atoms with Gasteiger partial charge in [0, 0.05) is 15.1 Å². The van der Waals surface area contributed by atoms with E-state index >= 15 is 0 Å². The van der Waals surface area contributed by atoms with Gasteiger partial charge in [-0.15, -0.1) is 0 Å². The van der Waals surface area contributed by atoms with Crippen LogP contribution in [0.1, 0.15) is 11.1 Å². The second-order valence-electron chi connectivity index (χ2n) is 4.17. The predicted octanol–water partition coefficient (Wildman–Crippen LogP) is 4.18. The van der Waals surface area contributed by atoms with Gasteiger partial charge in [0.1, 0.15) is 12.4 Å². The summed E-state index contributed by atoms with van der Waals surface area (Å²) in [5.74, 6) is 0.826. The highest BCUT2D eigenvalue weighted by molar-refractivity contribution is 9.10. The van der Waals surface area contributed by atoms with Crippen LogP contribution in [0.15, 0.2) is 46.9 Å². The SMILES string of the molecule is NCCc1cc(OCc2ccccc2Cl)ccc1Br. The largest absolute Gasteiger partial charge is 0.489 e. The Hall–Kier alpha value is -1.03. The molecule has 0 spiro atoms. The van der Waals surface area contributed by atoms with Crippen molar-refractivity contribution in [3.63, 3.8) is 0 Å². The molecule has 0 aliphatic carbocycles. The van der Waals surface area contributed by atoms with E-state index < -0.39 is 0 Å². The van der Waals surface area contributed by atoms with Gasteiger partial charge in [0.2, 0.25) is 0 Å². The molecule has 2 N–H and O–H groups in total. The molecule has 2 rings (SSSR count). The standard InChI is InChI=1S/C15H15BrClNO/c16-14-6-5-13(9-11(14)7-8-18)19-10-12-3-1-2-4-15(12)17/h1-6,9H,7-8,10,18H2. The summed E-state index contributed by atoms with van der Waals surface area (Å²) in [6.07, 6.45) is 0.823. The van der Waals surface area contributed by atoms with Gasteiger partial charge in [-0.05, 0) is 42.8 Å². The molecule has 4 heteroatoms. The van der Waals surface area contributed by atoms with Crippen LogP contribution in [0.5, 0.6) is 5.75 Å². The Labute approximate surface area is 126 Å². The van der Waals surface area contributed by atoms with Crippen molar-refractivity contribution in [2.75, 3.05) is 6.54 Å². The van der Waals surface area contributed by atoms with Crippen molar-refractivity contribution in [2.24, 2.45) is 5.73 Å². The molecule has 0 aromatic heterocycles. The molecule has 100 valence electrons. The van der Waals surface area contributed by atoms with Gasteiger partial charge in [0.15, 0.2) is 0 Å². The first-order valence-electron chi connectivity index (χ1n) is 6.05. The van der Waals surface area contributed by atoms with E-state index in [2.05, 4.69) is 15.9 Å². The molecule has 2 nitrogen and oxygen atoms in total. The maximum Gasteiger partial charge on any atom is 0.120 e. The van der Waals surface area contributed by atoms with Gasteiger partial charge in [0.05, 0.1) is 0 Å². The van der Waals surface area contributed by atoms with E-state index in [9.17, 15) is 0 Å². The summed E-state index contributed by atoms with van der Waals surface area (Å²) in [7, 11) is 0. The van der Waals surface area contributed by atoms with E-state index in [1.165, 1.54) is 0 Å². The normalized spacial score (nSPS) is 10.5. The third-order valence-electron chi connectivity index (χ3n) is 2.78. The van der Waals surface area contributed by atoms with Crippen molar-refractivity contribution in [1.29, 1.82) is 0 Å². The average Bonchev–Trinajstić information content (AvgIpc) is 2.41. The van der Waals surface area contributed by atoms with E-state index in [-0.39, 0.29) is 0 Å². The molecule has 0 aliphatic rings. The Morgan fingerprint density at radius 1 is 1.11 bits per heavy atom. The van der Waals surface area contributed by atoms with Crippen molar-refractivity contribution < 1.29 is 4.74 Å². The van der Waals surface area contributed by atoms with Gasteiger partial charge in [-0.25, -0.2) is 0 Å². The summed E-state index contributed by atoms with van der Waals surface area (Å²) in [5.41, 5.74) is 7.72. The lowest BCUT2D eigenvalue weighted by atomic mass is 10.1. The van der Waals surface area contributed by atoms with Crippen LogP contribution in [0.2, 0.25) is 5.02 Å². The molecule has 0 saturated carbocycles. The number of hydrogen-bond acceptors (Lipinski definition) is 2. The Bertz CT molecular complexity index is 560. The Kier molecular flexibility index (Phi) is 5.25. The van der Waals surface area contributed by atoms with E-state index in [0.29, 0.717) is 13.2 Å². The molecule has 0 unspecified atom stereocenters. The summed E-state index contributed by atoms with van der Waals surface area (Å²) >= 11 is 9.60. The molecule has 0 saturated heterocycles. The van der Waals surface area contributed by atoms with Crippen LogP contribution < -0.4 is 10.5 Å². The maximum absolute atomic E-state index is 6.09. The lowest BCUT2D eigenvalue weighted by Gasteiger charge is -2.10. The smallest absolute Gasteiger partial charge is 0.120 e. The van der Waals surface area contributed by atoms with E-state index in [0.717, 1.165) is 32.8 Å². The monoisotopic (exact) mass is 339 g/mol. The molecule has 2 aromatic carbocycles. The fourth-order valence-corrected chi connectivity index (χ4v) is 2.40. The second kappa shape index (κ2) is 6.94. The summed E-state index contributed by atoms with van der Waals surface area (Å²) < 4.78 is 6.83. The molecule has 0 atom stereocenters. The summed E-state index contributed by atoms with van der Waals surface area (Å²) in [6.45, 7) is 1.08. The van der Waals surface area contributed by atoms with Crippen LogP contribution in [-0.2, 0) is 13.0 Å². The van der Waals surface area contributed by atoms with Crippen molar-refractivity contribution in [1.82, 2.24) is 0 Å². The number of halogens is 2. The van der Waals surface area contributed by atoms with Crippen molar-refractivity contribution in [3.05, 3.63) is 63.1 Å². The van der Waals surface area contributed by atoms with Crippen LogP contribution in [0.25, 0.3) is 0 Å². The molecular weight excluding hydrogens is 326 g/mol. The predicted molar refractivity (Wildman–Crippen MR) is 82.7 cm³/mol. The Balaban J connectivity index is 2.07. The van der Waals surface area contributed by atoms with Gasteiger partial charge in [-0.3, -0.25) is 0 Å². The number of rotatable bonds is 5. The first-order valence-corrected chi connectivity index (χ1v) is 7.22. The Morgan fingerprint density at radius 3 is 2.63 bits per heavy atom. The molecule has 19 heavy (non-hydrogen) atoms. The van der Waals surface area contributed by atoms with E-state index in [1.807, 2.05) is 42.5 Å². The molecule has 0 bridgehead atoms. The third kappa shape index (κ3) is 3.96. The molecule has 0 amide bonds. The summed E-state index contributed by atoms with van der Waals surface area (Å²) in [4.78, 5) is 0. The molecule has 0 radical (unpaired) electrons. The summed E-state index contributed by atoms with van der Waals surface area (Å²) in [6, 6.07) is 13.6. The van der Waals surface area contributed by atoms with Gasteiger partial charge < -0.3 is 10.5 Å². The van der Waals surface area contributed by atoms with Gasteiger partial charge in [0.25, 0.3) is 0 Å². The van der Waals surface area contributed by atoms with Crippen LogP contribution in [0, 0.1) is 0 Å². The zero-order chi connectivity index (χ0) is 13.7. The highest BCUT2D eigenvalue weighted by Gasteiger charge is 2.04. The fourth-order valence-electron chi connectivity index (χ4n) is 1.76. The highest BCUT2D eigenvalue weighted by Crippen LogP contribution is 2.24. The van der Waals surface area contributed by atoms with Crippen molar-refractivity contribution in [2.45, 2.75) is 13.0 Å². The minimum Gasteiger partial charge on any atom is -0.489 e. The quantitative estimate of drug-likeness (QED) is 0.886. The number of benzene rings is 2. The van der Waals surface area contributed by atoms with Crippen molar-refractivity contribution in [3.8, 4) is 5.75 Å². The lowest BCUT2D eigenvalue weighted by Crippen LogP contribution is -2.04. The van der Waals surface area contributed by atoms with E-state index in [1.54, 1.807) is 0 Å². The highest BCUT2D eigenvalue weighted by atomic mass is 79.9. The first-order chi connectivity index (χ1) is 9.20. The van der Waals surface area contributed by atoms with Crippen molar-refractivity contribution >= 4 is 27.5 Å². The zero-order valence-corrected chi connectivity index (χ0v) is 12.7. The molecule has 0 fully saturated rings. The number of ether oxygens (including phenoxy) is 1. The van der Waals surface area contributed by atoms with Crippen LogP contribution >= 0.6 is 27.5 Å². The van der Waals surface area contributed by atoms with Gasteiger partial charge in [-0.2, -0.15) is 0 Å².